The number of rotatable bonds is 4. The average molecular weight is 312 g/mol. The predicted octanol–water partition coefficient (Wildman–Crippen LogP) is 2.98. The first-order chi connectivity index (χ1) is 11.2. The number of carbonyl (C=O) groups excluding carboxylic acids is 1. The van der Waals surface area contributed by atoms with Crippen LogP contribution in [0, 0.1) is 5.82 Å². The topological polar surface area (TPSA) is 59.9 Å². The molecule has 0 unspecified atom stereocenters. The summed E-state index contributed by atoms with van der Waals surface area (Å²) in [7, 11) is 0. The Morgan fingerprint density at radius 1 is 1.13 bits per heavy atom. The Labute approximate surface area is 132 Å². The summed E-state index contributed by atoms with van der Waals surface area (Å²) in [5, 5.41) is 3.80. The Morgan fingerprint density at radius 3 is 2.74 bits per heavy atom. The highest BCUT2D eigenvalue weighted by Gasteiger charge is 2.11. The number of amides is 1. The van der Waals surface area contributed by atoms with Crippen LogP contribution >= 0.6 is 0 Å². The number of allylic oxidation sites excluding steroid dienone is 1. The first-order valence-corrected chi connectivity index (χ1v) is 6.88. The molecule has 0 saturated heterocycles. The van der Waals surface area contributed by atoms with E-state index < -0.39 is 11.7 Å². The van der Waals surface area contributed by atoms with Crippen molar-refractivity contribution in [2.24, 2.45) is 5.10 Å². The van der Waals surface area contributed by atoms with Gasteiger partial charge in [-0.15, -0.1) is 0 Å². The highest BCUT2D eigenvalue weighted by atomic mass is 19.1. The molecule has 0 atom stereocenters. The molecule has 23 heavy (non-hydrogen) atoms. The van der Waals surface area contributed by atoms with Gasteiger partial charge in [0.25, 0.3) is 5.91 Å². The van der Waals surface area contributed by atoms with Crippen LogP contribution in [0.15, 0.2) is 53.6 Å². The quantitative estimate of drug-likeness (QED) is 0.697. The minimum atomic E-state index is -0.405. The molecule has 0 aliphatic carbocycles. The lowest BCUT2D eigenvalue weighted by molar-refractivity contribution is 0.0955. The minimum absolute atomic E-state index is 0.235. The molecule has 0 bridgehead atoms. The second-order valence-corrected chi connectivity index (χ2v) is 4.70. The van der Waals surface area contributed by atoms with E-state index in [1.807, 2.05) is 24.3 Å². The van der Waals surface area contributed by atoms with Gasteiger partial charge >= 0.3 is 0 Å². The molecule has 1 heterocycles. The molecular formula is C17H13FN2O3. The van der Waals surface area contributed by atoms with Crippen LogP contribution in [0.25, 0.3) is 6.08 Å². The maximum atomic E-state index is 12.8. The number of hydrazone groups is 1. The maximum Gasteiger partial charge on any atom is 0.271 e. The number of nitrogens with zero attached hydrogens (tertiary/aromatic N) is 1. The maximum absolute atomic E-state index is 12.8. The Morgan fingerprint density at radius 2 is 1.91 bits per heavy atom. The van der Waals surface area contributed by atoms with E-state index in [-0.39, 0.29) is 6.79 Å². The van der Waals surface area contributed by atoms with Crippen molar-refractivity contribution in [3.63, 3.8) is 0 Å². The highest BCUT2D eigenvalue weighted by molar-refractivity contribution is 5.94. The summed E-state index contributed by atoms with van der Waals surface area (Å²) >= 11 is 0. The fourth-order valence-electron chi connectivity index (χ4n) is 1.98. The third-order valence-electron chi connectivity index (χ3n) is 3.12. The Kier molecular flexibility index (Phi) is 4.33. The number of hydrogen-bond acceptors (Lipinski definition) is 4. The van der Waals surface area contributed by atoms with Crippen molar-refractivity contribution in [1.29, 1.82) is 0 Å². The summed E-state index contributed by atoms with van der Waals surface area (Å²) in [4.78, 5) is 11.7. The molecule has 0 aromatic heterocycles. The first kappa shape index (κ1) is 14.8. The van der Waals surface area contributed by atoms with Gasteiger partial charge in [0.05, 0.1) is 0 Å². The van der Waals surface area contributed by atoms with Crippen LogP contribution in [0.2, 0.25) is 0 Å². The number of fused-ring (bicyclic) bond motifs is 1. The van der Waals surface area contributed by atoms with Gasteiger partial charge in [0, 0.05) is 11.8 Å². The standard InChI is InChI=1S/C17H13FN2O3/c18-14-6-4-13(5-7-14)17(21)20-19-9-1-2-12-3-8-15-16(10-12)23-11-22-15/h1-10H,11H2,(H,20,21)/b2-1+,19-9-. The summed E-state index contributed by atoms with van der Waals surface area (Å²) < 4.78 is 23.3. The van der Waals surface area contributed by atoms with E-state index in [1.165, 1.54) is 30.5 Å². The normalized spacial score (nSPS) is 12.9. The molecule has 1 N–H and O–H groups in total. The van der Waals surface area contributed by atoms with Crippen molar-refractivity contribution < 1.29 is 18.7 Å². The van der Waals surface area contributed by atoms with Crippen LogP contribution in [0.4, 0.5) is 4.39 Å². The van der Waals surface area contributed by atoms with Crippen LogP contribution in [-0.4, -0.2) is 18.9 Å². The van der Waals surface area contributed by atoms with Crippen LogP contribution in [-0.2, 0) is 0 Å². The van der Waals surface area contributed by atoms with Crippen molar-refractivity contribution in [3.8, 4) is 11.5 Å². The van der Waals surface area contributed by atoms with Gasteiger partial charge in [0.1, 0.15) is 5.82 Å². The summed E-state index contributed by atoms with van der Waals surface area (Å²) in [6.45, 7) is 0.235. The smallest absolute Gasteiger partial charge is 0.271 e. The molecule has 2 aromatic carbocycles. The monoisotopic (exact) mass is 312 g/mol. The minimum Gasteiger partial charge on any atom is -0.454 e. The van der Waals surface area contributed by atoms with E-state index in [1.54, 1.807) is 6.08 Å². The molecular weight excluding hydrogens is 299 g/mol. The Hall–Kier alpha value is -3.15. The van der Waals surface area contributed by atoms with E-state index in [4.69, 9.17) is 9.47 Å². The third kappa shape index (κ3) is 3.74. The number of halogens is 1. The van der Waals surface area contributed by atoms with Crippen molar-refractivity contribution in [2.75, 3.05) is 6.79 Å². The van der Waals surface area contributed by atoms with Crippen LogP contribution in [0.3, 0.4) is 0 Å². The SMILES string of the molecule is O=C(N/N=C\C=C\c1ccc2c(c1)OCO2)c1ccc(F)cc1. The molecule has 1 amide bonds. The predicted molar refractivity (Wildman–Crippen MR) is 84.0 cm³/mol. The molecule has 1 aliphatic heterocycles. The van der Waals surface area contributed by atoms with Crippen molar-refractivity contribution >= 4 is 18.2 Å². The fourth-order valence-corrected chi connectivity index (χ4v) is 1.98. The van der Waals surface area contributed by atoms with Crippen LogP contribution in [0.5, 0.6) is 11.5 Å². The van der Waals surface area contributed by atoms with Crippen LogP contribution in [0.1, 0.15) is 15.9 Å². The molecule has 1 aliphatic rings. The number of nitrogens with one attached hydrogen (secondary N) is 1. The van der Waals surface area contributed by atoms with E-state index in [0.717, 1.165) is 11.3 Å². The van der Waals surface area contributed by atoms with Gasteiger partial charge < -0.3 is 9.47 Å². The summed E-state index contributed by atoms with van der Waals surface area (Å²) in [6, 6.07) is 10.8. The van der Waals surface area contributed by atoms with Crippen LogP contribution < -0.4 is 14.9 Å². The second kappa shape index (κ2) is 6.74. The van der Waals surface area contributed by atoms with Gasteiger partial charge in [-0.1, -0.05) is 12.1 Å². The van der Waals surface area contributed by atoms with Crippen molar-refractivity contribution in [1.82, 2.24) is 5.43 Å². The second-order valence-electron chi connectivity index (χ2n) is 4.70. The lowest BCUT2D eigenvalue weighted by atomic mass is 10.2. The Bertz CT molecular complexity index is 770. The van der Waals surface area contributed by atoms with Gasteiger partial charge in [-0.2, -0.15) is 5.10 Å². The van der Waals surface area contributed by atoms with E-state index in [9.17, 15) is 9.18 Å². The molecule has 0 saturated carbocycles. The largest absolute Gasteiger partial charge is 0.454 e. The molecule has 116 valence electrons. The van der Waals surface area contributed by atoms with Gasteiger partial charge in [0.15, 0.2) is 11.5 Å². The molecule has 0 spiro atoms. The molecule has 6 heteroatoms. The zero-order chi connectivity index (χ0) is 16.1. The fraction of sp³-hybridized carbons (Fsp3) is 0.0588. The average Bonchev–Trinajstić information content (AvgIpc) is 3.02. The summed E-state index contributed by atoms with van der Waals surface area (Å²) in [5.74, 6) is 0.630. The molecule has 2 aromatic rings. The summed E-state index contributed by atoms with van der Waals surface area (Å²) in [6.07, 6.45) is 4.95. The third-order valence-corrected chi connectivity index (χ3v) is 3.12. The molecule has 3 rings (SSSR count). The van der Waals surface area contributed by atoms with E-state index in [2.05, 4.69) is 10.5 Å². The van der Waals surface area contributed by atoms with E-state index in [0.29, 0.717) is 11.3 Å². The van der Waals surface area contributed by atoms with Crippen molar-refractivity contribution in [2.45, 2.75) is 0 Å². The molecule has 5 nitrogen and oxygen atoms in total. The first-order valence-electron chi connectivity index (χ1n) is 6.88. The molecule has 0 radical (unpaired) electrons. The lowest BCUT2D eigenvalue weighted by Crippen LogP contribution is -2.17. The van der Waals surface area contributed by atoms with Gasteiger partial charge in [-0.3, -0.25) is 4.79 Å². The zero-order valence-corrected chi connectivity index (χ0v) is 12.0. The summed E-state index contributed by atoms with van der Waals surface area (Å²) in [5.41, 5.74) is 3.62. The van der Waals surface area contributed by atoms with Gasteiger partial charge in [-0.05, 0) is 48.0 Å². The van der Waals surface area contributed by atoms with Gasteiger partial charge in [-0.25, -0.2) is 9.82 Å². The number of hydrogen-bond donors (Lipinski definition) is 1. The van der Waals surface area contributed by atoms with E-state index >= 15 is 0 Å². The number of ether oxygens (including phenoxy) is 2. The number of benzene rings is 2. The van der Waals surface area contributed by atoms with Crippen molar-refractivity contribution in [3.05, 3.63) is 65.5 Å². The number of carbonyl (C=O) groups is 1. The Balaban J connectivity index is 1.54. The van der Waals surface area contributed by atoms with Gasteiger partial charge in [0.2, 0.25) is 6.79 Å². The zero-order valence-electron chi connectivity index (χ0n) is 12.0. The molecule has 0 fully saturated rings. The highest BCUT2D eigenvalue weighted by Crippen LogP contribution is 2.32. The lowest BCUT2D eigenvalue weighted by Gasteiger charge is -1.98.